The Bertz CT molecular complexity index is 663. The number of hydrogen-bond donors (Lipinski definition) is 1. The molecule has 0 aliphatic heterocycles. The highest BCUT2D eigenvalue weighted by Crippen LogP contribution is 2.30. The Hall–Kier alpha value is -2.58. The van der Waals surface area contributed by atoms with E-state index in [1.54, 1.807) is 19.4 Å². The van der Waals surface area contributed by atoms with Gasteiger partial charge in [0.25, 0.3) is 0 Å². The van der Waals surface area contributed by atoms with Gasteiger partial charge in [0.15, 0.2) is 11.5 Å². The fourth-order valence-electron chi connectivity index (χ4n) is 1.90. The zero-order valence-corrected chi connectivity index (χ0v) is 12.0. The molecule has 0 saturated carbocycles. The fourth-order valence-corrected chi connectivity index (χ4v) is 1.90. The Morgan fingerprint density at radius 1 is 1.33 bits per heavy atom. The summed E-state index contributed by atoms with van der Waals surface area (Å²) in [5, 5.41) is 9.01. The van der Waals surface area contributed by atoms with Gasteiger partial charge in [0.05, 0.1) is 7.11 Å². The van der Waals surface area contributed by atoms with E-state index in [1.807, 2.05) is 37.3 Å². The van der Waals surface area contributed by atoms with E-state index in [1.165, 1.54) is 0 Å². The Kier molecular flexibility index (Phi) is 4.75. The zero-order chi connectivity index (χ0) is 15.2. The van der Waals surface area contributed by atoms with E-state index < -0.39 is 0 Å². The number of pyridine rings is 1. The predicted molar refractivity (Wildman–Crippen MR) is 78.9 cm³/mol. The maximum atomic E-state index is 9.01. The van der Waals surface area contributed by atoms with Crippen LogP contribution in [0.15, 0.2) is 36.5 Å². The molecule has 5 nitrogen and oxygen atoms in total. The molecule has 0 aliphatic carbocycles. The number of aromatic nitrogens is 1. The van der Waals surface area contributed by atoms with Crippen LogP contribution in [0, 0.1) is 11.3 Å². The minimum absolute atomic E-state index is 0.0727. The molecule has 108 valence electrons. The molecule has 2 rings (SSSR count). The van der Waals surface area contributed by atoms with E-state index in [2.05, 4.69) is 4.98 Å². The lowest BCUT2D eigenvalue weighted by atomic mass is 10.1. The van der Waals surface area contributed by atoms with Crippen LogP contribution in [-0.4, -0.2) is 12.1 Å². The molecule has 0 aliphatic rings. The number of rotatable bonds is 5. The van der Waals surface area contributed by atoms with Gasteiger partial charge in [-0.15, -0.1) is 0 Å². The highest BCUT2D eigenvalue weighted by atomic mass is 16.5. The van der Waals surface area contributed by atoms with Crippen LogP contribution in [-0.2, 0) is 6.61 Å². The highest BCUT2D eigenvalue weighted by Gasteiger charge is 2.10. The summed E-state index contributed by atoms with van der Waals surface area (Å²) >= 11 is 0. The van der Waals surface area contributed by atoms with Crippen molar-refractivity contribution in [1.82, 2.24) is 4.98 Å². The van der Waals surface area contributed by atoms with E-state index in [9.17, 15) is 0 Å². The van der Waals surface area contributed by atoms with Gasteiger partial charge in [0.2, 0.25) is 0 Å². The lowest BCUT2D eigenvalue weighted by molar-refractivity contribution is 0.283. The minimum atomic E-state index is -0.0727. The van der Waals surface area contributed by atoms with Crippen molar-refractivity contribution in [3.63, 3.8) is 0 Å². The standard InChI is InChI=1S/C16H17N3O2/c1-11(18)12-5-6-15(16(8-12)20-2)21-10-13-4-3-7-19-14(13)9-17/h3-8,11H,10,18H2,1-2H3. The molecule has 5 heteroatoms. The third kappa shape index (κ3) is 3.50. The third-order valence-corrected chi connectivity index (χ3v) is 3.09. The number of nitrogens with two attached hydrogens (primary N) is 1. The van der Waals surface area contributed by atoms with Crippen molar-refractivity contribution in [1.29, 1.82) is 5.26 Å². The maximum Gasteiger partial charge on any atom is 0.161 e. The highest BCUT2D eigenvalue weighted by molar-refractivity contribution is 5.44. The molecule has 0 radical (unpaired) electrons. The second-order valence-corrected chi connectivity index (χ2v) is 4.61. The minimum Gasteiger partial charge on any atom is -0.493 e. The van der Waals surface area contributed by atoms with Gasteiger partial charge in [-0.3, -0.25) is 0 Å². The van der Waals surface area contributed by atoms with E-state index in [4.69, 9.17) is 20.5 Å². The van der Waals surface area contributed by atoms with Crippen molar-refractivity contribution in [2.24, 2.45) is 5.73 Å². The number of hydrogen-bond acceptors (Lipinski definition) is 5. The van der Waals surface area contributed by atoms with Crippen LogP contribution in [0.1, 0.15) is 29.8 Å². The first-order valence-electron chi connectivity index (χ1n) is 6.56. The van der Waals surface area contributed by atoms with Gasteiger partial charge in [-0.2, -0.15) is 5.26 Å². The van der Waals surface area contributed by atoms with Crippen LogP contribution in [0.5, 0.6) is 11.5 Å². The normalized spacial score (nSPS) is 11.5. The van der Waals surface area contributed by atoms with Crippen LogP contribution in [0.25, 0.3) is 0 Å². The number of ether oxygens (including phenoxy) is 2. The molecule has 0 saturated heterocycles. The summed E-state index contributed by atoms with van der Waals surface area (Å²) in [4.78, 5) is 4.00. The molecule has 1 unspecified atom stereocenters. The van der Waals surface area contributed by atoms with E-state index in [0.717, 1.165) is 11.1 Å². The van der Waals surface area contributed by atoms with Gasteiger partial charge in [0.1, 0.15) is 18.4 Å². The molecule has 2 N–H and O–H groups in total. The van der Waals surface area contributed by atoms with Gasteiger partial charge in [-0.1, -0.05) is 12.1 Å². The van der Waals surface area contributed by atoms with Gasteiger partial charge in [-0.25, -0.2) is 4.98 Å². The monoisotopic (exact) mass is 283 g/mol. The molecular formula is C16H17N3O2. The summed E-state index contributed by atoms with van der Waals surface area (Å²) in [5.74, 6) is 1.22. The fraction of sp³-hybridized carbons (Fsp3) is 0.250. The zero-order valence-electron chi connectivity index (χ0n) is 12.0. The molecule has 1 aromatic heterocycles. The number of benzene rings is 1. The largest absolute Gasteiger partial charge is 0.493 e. The lowest BCUT2D eigenvalue weighted by Crippen LogP contribution is -2.06. The molecule has 2 aromatic rings. The van der Waals surface area contributed by atoms with Crippen molar-refractivity contribution in [3.05, 3.63) is 53.3 Å². The van der Waals surface area contributed by atoms with Crippen LogP contribution in [0.3, 0.4) is 0 Å². The van der Waals surface area contributed by atoms with E-state index in [-0.39, 0.29) is 12.6 Å². The summed E-state index contributed by atoms with van der Waals surface area (Å²) in [5.41, 5.74) is 7.92. The Labute approximate surface area is 123 Å². The SMILES string of the molecule is COc1cc(C(C)N)ccc1OCc1cccnc1C#N. The van der Waals surface area contributed by atoms with Crippen LogP contribution >= 0.6 is 0 Å². The van der Waals surface area contributed by atoms with E-state index in [0.29, 0.717) is 17.2 Å². The summed E-state index contributed by atoms with van der Waals surface area (Å²) in [7, 11) is 1.58. The second kappa shape index (κ2) is 6.73. The van der Waals surface area contributed by atoms with Gasteiger partial charge in [0, 0.05) is 17.8 Å². The lowest BCUT2D eigenvalue weighted by Gasteiger charge is -2.14. The molecule has 0 fully saturated rings. The van der Waals surface area contributed by atoms with Crippen molar-refractivity contribution in [2.75, 3.05) is 7.11 Å². The molecule has 1 heterocycles. The van der Waals surface area contributed by atoms with Gasteiger partial charge >= 0.3 is 0 Å². The van der Waals surface area contributed by atoms with E-state index >= 15 is 0 Å². The average Bonchev–Trinajstić information content (AvgIpc) is 2.52. The Balaban J connectivity index is 2.18. The molecule has 0 spiro atoms. The van der Waals surface area contributed by atoms with Crippen molar-refractivity contribution in [2.45, 2.75) is 19.6 Å². The first-order valence-corrected chi connectivity index (χ1v) is 6.56. The second-order valence-electron chi connectivity index (χ2n) is 4.61. The first kappa shape index (κ1) is 14.8. The maximum absolute atomic E-state index is 9.01. The van der Waals surface area contributed by atoms with Crippen molar-refractivity contribution < 1.29 is 9.47 Å². The molecule has 1 atom stereocenters. The third-order valence-electron chi connectivity index (χ3n) is 3.09. The number of methoxy groups -OCH3 is 1. The van der Waals surface area contributed by atoms with Gasteiger partial charge < -0.3 is 15.2 Å². The molecule has 0 amide bonds. The summed E-state index contributed by atoms with van der Waals surface area (Å²) in [6.07, 6.45) is 1.58. The molecule has 21 heavy (non-hydrogen) atoms. The number of nitrogens with zero attached hydrogens (tertiary/aromatic N) is 2. The summed E-state index contributed by atoms with van der Waals surface area (Å²) in [6, 6.07) is 11.1. The van der Waals surface area contributed by atoms with Crippen LogP contribution in [0.2, 0.25) is 0 Å². The van der Waals surface area contributed by atoms with Crippen LogP contribution < -0.4 is 15.2 Å². The molecular weight excluding hydrogens is 266 g/mol. The van der Waals surface area contributed by atoms with Crippen molar-refractivity contribution >= 4 is 0 Å². The quantitative estimate of drug-likeness (QED) is 0.912. The summed E-state index contributed by atoms with van der Waals surface area (Å²) < 4.78 is 11.1. The predicted octanol–water partition coefficient (Wildman–Crippen LogP) is 2.56. The Morgan fingerprint density at radius 2 is 2.14 bits per heavy atom. The summed E-state index contributed by atoms with van der Waals surface area (Å²) in [6.45, 7) is 2.16. The average molecular weight is 283 g/mol. The first-order chi connectivity index (χ1) is 10.2. The van der Waals surface area contributed by atoms with Crippen LogP contribution in [0.4, 0.5) is 0 Å². The van der Waals surface area contributed by atoms with Gasteiger partial charge in [-0.05, 0) is 30.7 Å². The molecule has 1 aromatic carbocycles. The smallest absolute Gasteiger partial charge is 0.161 e. The van der Waals surface area contributed by atoms with Crippen molar-refractivity contribution in [3.8, 4) is 17.6 Å². The topological polar surface area (TPSA) is 81.2 Å². The molecule has 0 bridgehead atoms. The Morgan fingerprint density at radius 3 is 2.81 bits per heavy atom. The number of nitriles is 1.